The molecule has 0 saturated heterocycles. The van der Waals surface area contributed by atoms with Crippen LogP contribution in [0.4, 0.5) is 15.5 Å². The fraction of sp³-hybridized carbons (Fsp3) is 0.257. The number of nitriles is 1. The van der Waals surface area contributed by atoms with Crippen molar-refractivity contribution in [2.75, 3.05) is 17.2 Å². The Bertz CT molecular complexity index is 1770. The Balaban J connectivity index is 1.36. The van der Waals surface area contributed by atoms with Gasteiger partial charge < -0.3 is 20.3 Å². The predicted octanol–water partition coefficient (Wildman–Crippen LogP) is 7.95. The lowest BCUT2D eigenvalue weighted by atomic mass is 10.0. The number of benzene rings is 3. The summed E-state index contributed by atoms with van der Waals surface area (Å²) in [6.07, 6.45) is 0.102. The van der Waals surface area contributed by atoms with Crippen LogP contribution in [0.2, 0.25) is 0 Å². The van der Waals surface area contributed by atoms with Crippen LogP contribution in [0.25, 0.3) is 0 Å². The average Bonchev–Trinajstić information content (AvgIpc) is 3.35. The number of thiophene rings is 1. The van der Waals surface area contributed by atoms with Gasteiger partial charge in [0.1, 0.15) is 21.9 Å². The number of fused-ring (bicyclic) bond motifs is 1. The fourth-order valence-electron chi connectivity index (χ4n) is 4.98. The van der Waals surface area contributed by atoms with E-state index in [0.29, 0.717) is 41.3 Å². The molecule has 1 unspecified atom stereocenters. The Kier molecular flexibility index (Phi) is 9.61. The highest BCUT2D eigenvalue weighted by atomic mass is 32.2. The molecule has 0 aliphatic carbocycles. The highest BCUT2D eigenvalue weighted by molar-refractivity contribution is 8.00. The molecule has 230 valence electrons. The van der Waals surface area contributed by atoms with Gasteiger partial charge in [0, 0.05) is 27.6 Å². The largest absolute Gasteiger partial charge is 0.444 e. The second kappa shape index (κ2) is 13.6. The Morgan fingerprint density at radius 3 is 2.44 bits per heavy atom. The van der Waals surface area contributed by atoms with Crippen LogP contribution >= 0.6 is 23.1 Å². The minimum absolute atomic E-state index is 0.205. The molecule has 0 radical (unpaired) electrons. The Morgan fingerprint density at radius 2 is 1.73 bits per heavy atom. The van der Waals surface area contributed by atoms with Crippen molar-refractivity contribution in [3.05, 3.63) is 112 Å². The smallest absolute Gasteiger partial charge is 0.410 e. The number of thioether (sulfide) groups is 1. The van der Waals surface area contributed by atoms with Crippen LogP contribution in [0.5, 0.6) is 0 Å². The summed E-state index contributed by atoms with van der Waals surface area (Å²) < 4.78 is 5.55. The number of aryl methyl sites for hydroxylation is 1. The van der Waals surface area contributed by atoms with Gasteiger partial charge >= 0.3 is 6.09 Å². The van der Waals surface area contributed by atoms with E-state index in [9.17, 15) is 19.6 Å². The van der Waals surface area contributed by atoms with Gasteiger partial charge in [0.15, 0.2) is 0 Å². The van der Waals surface area contributed by atoms with Gasteiger partial charge in [-0.3, -0.25) is 9.59 Å². The van der Waals surface area contributed by atoms with E-state index < -0.39 is 16.9 Å². The van der Waals surface area contributed by atoms with Crippen molar-refractivity contribution < 1.29 is 19.1 Å². The normalized spacial score (nSPS) is 13.3. The van der Waals surface area contributed by atoms with Crippen molar-refractivity contribution in [3.8, 4) is 6.07 Å². The first-order chi connectivity index (χ1) is 21.5. The second-order valence-corrected chi connectivity index (χ2v) is 14.0. The van der Waals surface area contributed by atoms with E-state index in [-0.39, 0.29) is 11.8 Å². The SMILES string of the molecule is Cc1ccccc1C(=O)Nc1cccc(SC(C(=O)Nc2sc3c(c2C#N)CCN(C(=O)OC(C)(C)C)C3)c2ccccc2)c1. The number of anilines is 2. The van der Waals surface area contributed by atoms with Crippen molar-refractivity contribution in [3.63, 3.8) is 0 Å². The minimum Gasteiger partial charge on any atom is -0.444 e. The molecule has 45 heavy (non-hydrogen) atoms. The molecule has 3 amide bonds. The number of nitrogens with one attached hydrogen (secondary N) is 2. The molecule has 1 aromatic heterocycles. The molecular formula is C35H34N4O4S2. The third kappa shape index (κ3) is 7.74. The molecule has 4 aromatic rings. The van der Waals surface area contributed by atoms with Gasteiger partial charge in [-0.15, -0.1) is 23.1 Å². The number of ether oxygens (including phenoxy) is 1. The van der Waals surface area contributed by atoms with Crippen LogP contribution in [0.3, 0.4) is 0 Å². The molecule has 0 saturated carbocycles. The highest BCUT2D eigenvalue weighted by Crippen LogP contribution is 2.41. The summed E-state index contributed by atoms with van der Waals surface area (Å²) in [6.45, 7) is 8.11. The predicted molar refractivity (Wildman–Crippen MR) is 179 cm³/mol. The summed E-state index contributed by atoms with van der Waals surface area (Å²) in [4.78, 5) is 42.8. The van der Waals surface area contributed by atoms with E-state index in [4.69, 9.17) is 4.74 Å². The number of rotatable bonds is 7. The van der Waals surface area contributed by atoms with Crippen LogP contribution in [0, 0.1) is 18.3 Å². The number of carbonyl (C=O) groups is 3. The van der Waals surface area contributed by atoms with E-state index in [1.165, 1.54) is 23.1 Å². The van der Waals surface area contributed by atoms with Crippen LogP contribution in [0.15, 0.2) is 83.8 Å². The maximum atomic E-state index is 13.9. The third-order valence-electron chi connectivity index (χ3n) is 7.13. The zero-order chi connectivity index (χ0) is 32.1. The summed E-state index contributed by atoms with van der Waals surface area (Å²) >= 11 is 2.68. The van der Waals surface area contributed by atoms with Crippen LogP contribution < -0.4 is 10.6 Å². The molecule has 1 aliphatic rings. The first-order valence-corrected chi connectivity index (χ1v) is 16.2. The number of nitrogens with zero attached hydrogens (tertiary/aromatic N) is 2. The fourth-order valence-corrected chi connectivity index (χ4v) is 7.28. The van der Waals surface area contributed by atoms with E-state index in [0.717, 1.165) is 26.5 Å². The summed E-state index contributed by atoms with van der Waals surface area (Å²) in [7, 11) is 0. The van der Waals surface area contributed by atoms with Crippen LogP contribution in [-0.2, 0) is 22.5 Å². The lowest BCUT2D eigenvalue weighted by molar-refractivity contribution is -0.115. The van der Waals surface area contributed by atoms with Crippen molar-refractivity contribution >= 4 is 51.7 Å². The summed E-state index contributed by atoms with van der Waals surface area (Å²) in [5.74, 6) is -0.483. The molecule has 3 aromatic carbocycles. The van der Waals surface area contributed by atoms with Crippen LogP contribution in [-0.4, -0.2) is 35.0 Å². The van der Waals surface area contributed by atoms with E-state index in [1.54, 1.807) is 11.0 Å². The van der Waals surface area contributed by atoms with E-state index >= 15 is 0 Å². The van der Waals surface area contributed by atoms with Crippen LogP contribution in [0.1, 0.15) is 63.5 Å². The van der Waals surface area contributed by atoms with Crippen molar-refractivity contribution in [1.29, 1.82) is 5.26 Å². The molecule has 1 atom stereocenters. The number of hydrogen-bond donors (Lipinski definition) is 2. The quantitative estimate of drug-likeness (QED) is 0.199. The third-order valence-corrected chi connectivity index (χ3v) is 9.51. The van der Waals surface area contributed by atoms with Gasteiger partial charge in [0.25, 0.3) is 5.91 Å². The van der Waals surface area contributed by atoms with Gasteiger partial charge in [-0.25, -0.2) is 4.79 Å². The van der Waals surface area contributed by atoms with E-state index in [2.05, 4.69) is 16.7 Å². The van der Waals surface area contributed by atoms with Gasteiger partial charge in [0.05, 0.1) is 12.1 Å². The first kappa shape index (κ1) is 31.8. The highest BCUT2D eigenvalue weighted by Gasteiger charge is 2.31. The Morgan fingerprint density at radius 1 is 1.00 bits per heavy atom. The first-order valence-electron chi connectivity index (χ1n) is 14.5. The lowest BCUT2D eigenvalue weighted by Crippen LogP contribution is -2.39. The molecule has 0 bridgehead atoms. The number of amides is 3. The standard InChI is InChI=1S/C35H34N4O4S2/c1-22-11-8-9-16-26(22)31(40)37-24-14-10-15-25(19-24)44-30(23-12-6-5-7-13-23)32(41)38-33-28(20-36)27-17-18-39(21-29(27)45-33)34(42)43-35(2,3)4/h5-16,19,30H,17-18,21H2,1-4H3,(H,37,40)(H,38,41). The van der Waals surface area contributed by atoms with Gasteiger partial charge in [-0.05, 0) is 75.1 Å². The summed E-state index contributed by atoms with van der Waals surface area (Å²) in [6, 6.07) is 26.5. The van der Waals surface area contributed by atoms with Gasteiger partial charge in [-0.1, -0.05) is 54.6 Å². The number of hydrogen-bond acceptors (Lipinski definition) is 7. The lowest BCUT2D eigenvalue weighted by Gasteiger charge is -2.29. The van der Waals surface area contributed by atoms with Gasteiger partial charge in [-0.2, -0.15) is 5.26 Å². The zero-order valence-corrected chi connectivity index (χ0v) is 27.2. The number of carbonyl (C=O) groups excluding carboxylic acids is 3. The zero-order valence-electron chi connectivity index (χ0n) is 25.5. The molecule has 2 N–H and O–H groups in total. The van der Waals surface area contributed by atoms with Crippen molar-refractivity contribution in [1.82, 2.24) is 4.90 Å². The van der Waals surface area contributed by atoms with Crippen molar-refractivity contribution in [2.24, 2.45) is 0 Å². The molecule has 5 rings (SSSR count). The molecule has 0 fully saturated rings. The summed E-state index contributed by atoms with van der Waals surface area (Å²) in [5, 5.41) is 15.9. The molecule has 2 heterocycles. The monoisotopic (exact) mass is 638 g/mol. The molecule has 0 spiro atoms. The average molecular weight is 639 g/mol. The maximum absolute atomic E-state index is 13.9. The molecule has 8 nitrogen and oxygen atoms in total. The summed E-state index contributed by atoms with van der Waals surface area (Å²) in [5.41, 5.74) is 3.57. The van der Waals surface area contributed by atoms with E-state index in [1.807, 2.05) is 100 Å². The molecular weight excluding hydrogens is 605 g/mol. The molecule has 1 aliphatic heterocycles. The molecule has 10 heteroatoms. The second-order valence-electron chi connectivity index (χ2n) is 11.7. The Hall–Kier alpha value is -4.59. The topological polar surface area (TPSA) is 112 Å². The van der Waals surface area contributed by atoms with Crippen molar-refractivity contribution in [2.45, 2.75) is 56.4 Å². The van der Waals surface area contributed by atoms with Gasteiger partial charge in [0.2, 0.25) is 5.91 Å². The Labute approximate surface area is 271 Å². The maximum Gasteiger partial charge on any atom is 0.410 e. The minimum atomic E-state index is -0.641.